The lowest BCUT2D eigenvalue weighted by molar-refractivity contribution is -0.144. The third kappa shape index (κ3) is 2.70. The Morgan fingerprint density at radius 3 is 2.08 bits per heavy atom. The smallest absolute Gasteiger partial charge is 0.223 e. The predicted octanol–water partition coefficient (Wildman–Crippen LogP) is 4.77. The van der Waals surface area contributed by atoms with E-state index in [2.05, 4.69) is 10.1 Å². The highest BCUT2D eigenvalue weighted by atomic mass is 19.4. The number of aryl methyl sites for hydroxylation is 1. The molecule has 1 aromatic carbocycles. The normalized spacial score (nSPS) is 12.8. The Balaban J connectivity index is 2.42. The first-order valence-electron chi connectivity index (χ1n) is 6.69. The van der Waals surface area contributed by atoms with Crippen LogP contribution in [0.25, 0.3) is 16.7 Å². The zero-order valence-corrected chi connectivity index (χ0v) is 12.1. The predicted molar refractivity (Wildman–Crippen MR) is 73.6 cm³/mol. The number of benzene rings is 1. The molecule has 2 aromatic heterocycles. The van der Waals surface area contributed by atoms with Crippen LogP contribution < -0.4 is 0 Å². The number of alkyl halides is 6. The molecule has 0 amide bonds. The van der Waals surface area contributed by atoms with Crippen molar-refractivity contribution in [2.24, 2.45) is 0 Å². The molecule has 2 heterocycles. The Bertz CT molecular complexity index is 893. The zero-order chi connectivity index (χ0) is 17.7. The van der Waals surface area contributed by atoms with E-state index in [-0.39, 0.29) is 11.8 Å². The molecule has 0 fully saturated rings. The van der Waals surface area contributed by atoms with Crippen LogP contribution >= 0.6 is 0 Å². The standard InChI is InChI=1S/C15H9F6N3/c1-8-12-10(14(16,17)18)7-11(15(19,20)21)22-13(12)24(23-8)9-5-3-2-4-6-9/h2-7H,1H3. The van der Waals surface area contributed by atoms with E-state index in [4.69, 9.17) is 0 Å². The molecule has 9 heteroatoms. The minimum Gasteiger partial charge on any atom is -0.223 e. The van der Waals surface area contributed by atoms with Crippen LogP contribution in [-0.2, 0) is 12.4 Å². The van der Waals surface area contributed by atoms with Crippen molar-refractivity contribution in [3.63, 3.8) is 0 Å². The van der Waals surface area contributed by atoms with Gasteiger partial charge in [-0.1, -0.05) is 18.2 Å². The van der Waals surface area contributed by atoms with Gasteiger partial charge in [-0.2, -0.15) is 31.4 Å². The molecule has 24 heavy (non-hydrogen) atoms. The lowest BCUT2D eigenvalue weighted by atomic mass is 10.1. The van der Waals surface area contributed by atoms with E-state index in [1.807, 2.05) is 0 Å². The first kappa shape index (κ1) is 16.3. The van der Waals surface area contributed by atoms with Crippen LogP contribution in [0.4, 0.5) is 26.3 Å². The summed E-state index contributed by atoms with van der Waals surface area (Å²) in [6.45, 7) is 1.30. The SMILES string of the molecule is Cc1nn(-c2ccccc2)c2nc(C(F)(F)F)cc(C(F)(F)F)c12. The van der Waals surface area contributed by atoms with Crippen molar-refractivity contribution in [3.05, 3.63) is 53.3 Å². The van der Waals surface area contributed by atoms with Gasteiger partial charge < -0.3 is 0 Å². The van der Waals surface area contributed by atoms with Gasteiger partial charge >= 0.3 is 12.4 Å². The fourth-order valence-corrected chi connectivity index (χ4v) is 2.41. The molecule has 0 saturated carbocycles. The first-order valence-corrected chi connectivity index (χ1v) is 6.69. The molecule has 0 N–H and O–H groups in total. The number of halogens is 6. The van der Waals surface area contributed by atoms with Crippen LogP contribution in [0.15, 0.2) is 36.4 Å². The number of nitrogens with zero attached hydrogens (tertiary/aromatic N) is 3. The number of hydrogen-bond acceptors (Lipinski definition) is 2. The minimum absolute atomic E-state index is 0.0202. The van der Waals surface area contributed by atoms with Gasteiger partial charge in [0.1, 0.15) is 5.69 Å². The summed E-state index contributed by atoms with van der Waals surface area (Å²) in [5.74, 6) is 0. The molecular weight excluding hydrogens is 336 g/mol. The second kappa shape index (κ2) is 5.22. The summed E-state index contributed by atoms with van der Waals surface area (Å²) in [6, 6.07) is 7.90. The van der Waals surface area contributed by atoms with E-state index in [9.17, 15) is 26.3 Å². The van der Waals surface area contributed by atoms with Crippen molar-refractivity contribution in [3.8, 4) is 5.69 Å². The van der Waals surface area contributed by atoms with Gasteiger partial charge in [0.25, 0.3) is 0 Å². The summed E-state index contributed by atoms with van der Waals surface area (Å²) in [5.41, 5.74) is -3.24. The number of aromatic nitrogens is 3. The van der Waals surface area contributed by atoms with E-state index in [1.54, 1.807) is 18.2 Å². The molecule has 0 aliphatic carbocycles. The van der Waals surface area contributed by atoms with Crippen LogP contribution in [0.5, 0.6) is 0 Å². The van der Waals surface area contributed by atoms with Crippen LogP contribution in [0.2, 0.25) is 0 Å². The molecule has 0 radical (unpaired) electrons. The van der Waals surface area contributed by atoms with Crippen molar-refractivity contribution < 1.29 is 26.3 Å². The number of hydrogen-bond donors (Lipinski definition) is 0. The van der Waals surface area contributed by atoms with Crippen molar-refractivity contribution >= 4 is 11.0 Å². The number of para-hydroxylation sites is 1. The maximum atomic E-state index is 13.2. The highest BCUT2D eigenvalue weighted by molar-refractivity contribution is 5.84. The van der Waals surface area contributed by atoms with Gasteiger partial charge in [0, 0.05) is 0 Å². The molecular formula is C15H9F6N3. The van der Waals surface area contributed by atoms with Gasteiger partial charge in [0.15, 0.2) is 5.65 Å². The molecule has 126 valence electrons. The Hall–Kier alpha value is -2.58. The Kier molecular flexibility index (Phi) is 3.54. The van der Waals surface area contributed by atoms with Crippen LogP contribution in [-0.4, -0.2) is 14.8 Å². The maximum Gasteiger partial charge on any atom is 0.433 e. The quantitative estimate of drug-likeness (QED) is 0.595. The van der Waals surface area contributed by atoms with Gasteiger partial charge in [0.05, 0.1) is 22.3 Å². The lowest BCUT2D eigenvalue weighted by Gasteiger charge is -2.13. The third-order valence-electron chi connectivity index (χ3n) is 3.41. The van der Waals surface area contributed by atoms with Gasteiger partial charge in [0.2, 0.25) is 0 Å². The fraction of sp³-hybridized carbons (Fsp3) is 0.200. The molecule has 0 bridgehead atoms. The molecule has 3 nitrogen and oxygen atoms in total. The molecule has 0 spiro atoms. The molecule has 0 unspecified atom stereocenters. The largest absolute Gasteiger partial charge is 0.433 e. The Morgan fingerprint density at radius 2 is 1.54 bits per heavy atom. The average Bonchev–Trinajstić information content (AvgIpc) is 2.83. The third-order valence-corrected chi connectivity index (χ3v) is 3.41. The van der Waals surface area contributed by atoms with E-state index in [1.165, 1.54) is 19.1 Å². The van der Waals surface area contributed by atoms with E-state index in [0.29, 0.717) is 5.69 Å². The highest BCUT2D eigenvalue weighted by Gasteiger charge is 2.40. The first-order chi connectivity index (χ1) is 11.1. The second-order valence-corrected chi connectivity index (χ2v) is 5.08. The summed E-state index contributed by atoms with van der Waals surface area (Å²) < 4.78 is 79.6. The van der Waals surface area contributed by atoms with E-state index in [0.717, 1.165) is 4.68 Å². The van der Waals surface area contributed by atoms with Crippen molar-refractivity contribution in [1.29, 1.82) is 0 Å². The molecule has 0 aliphatic rings. The zero-order valence-electron chi connectivity index (χ0n) is 12.1. The maximum absolute atomic E-state index is 13.2. The van der Waals surface area contributed by atoms with Crippen LogP contribution in [0, 0.1) is 6.92 Å². The monoisotopic (exact) mass is 345 g/mol. The number of rotatable bonds is 1. The van der Waals surface area contributed by atoms with Gasteiger partial charge in [-0.25, -0.2) is 9.67 Å². The number of fused-ring (bicyclic) bond motifs is 1. The minimum atomic E-state index is -5.01. The van der Waals surface area contributed by atoms with Crippen LogP contribution in [0.3, 0.4) is 0 Å². The lowest BCUT2D eigenvalue weighted by Crippen LogP contribution is -2.14. The van der Waals surface area contributed by atoms with Gasteiger partial charge in [-0.3, -0.25) is 0 Å². The molecule has 0 atom stereocenters. The van der Waals surface area contributed by atoms with E-state index < -0.39 is 34.6 Å². The average molecular weight is 345 g/mol. The molecule has 3 aromatic rings. The number of pyridine rings is 1. The summed E-state index contributed by atoms with van der Waals surface area (Å²) in [7, 11) is 0. The summed E-state index contributed by atoms with van der Waals surface area (Å²) in [4.78, 5) is 3.39. The Labute approximate surface area is 131 Å². The van der Waals surface area contributed by atoms with Gasteiger partial charge in [-0.15, -0.1) is 0 Å². The highest BCUT2D eigenvalue weighted by Crippen LogP contribution is 2.39. The fourth-order valence-electron chi connectivity index (χ4n) is 2.41. The van der Waals surface area contributed by atoms with E-state index >= 15 is 0 Å². The topological polar surface area (TPSA) is 30.7 Å². The summed E-state index contributed by atoms with van der Waals surface area (Å²) in [5, 5.41) is 3.50. The van der Waals surface area contributed by atoms with Gasteiger partial charge in [-0.05, 0) is 25.1 Å². The second-order valence-electron chi connectivity index (χ2n) is 5.08. The molecule has 0 saturated heterocycles. The van der Waals surface area contributed by atoms with Crippen molar-refractivity contribution in [2.45, 2.75) is 19.3 Å². The van der Waals surface area contributed by atoms with Crippen molar-refractivity contribution in [2.75, 3.05) is 0 Å². The summed E-state index contributed by atoms with van der Waals surface area (Å²) in [6.07, 6.45) is -9.97. The Morgan fingerprint density at radius 1 is 0.917 bits per heavy atom. The molecule has 0 aliphatic heterocycles. The van der Waals surface area contributed by atoms with Crippen molar-refractivity contribution in [1.82, 2.24) is 14.8 Å². The molecule has 3 rings (SSSR count). The van der Waals surface area contributed by atoms with Crippen LogP contribution in [0.1, 0.15) is 17.0 Å². The summed E-state index contributed by atoms with van der Waals surface area (Å²) >= 11 is 0.